The summed E-state index contributed by atoms with van der Waals surface area (Å²) in [6.07, 6.45) is 0.0877. The number of sulfonamides is 1. The van der Waals surface area contributed by atoms with Crippen molar-refractivity contribution < 1.29 is 13.2 Å². The van der Waals surface area contributed by atoms with Gasteiger partial charge in [-0.25, -0.2) is 13.1 Å². The minimum Gasteiger partial charge on any atom is -0.377 e. The normalized spacial score (nSPS) is 12.1. The summed E-state index contributed by atoms with van der Waals surface area (Å²) in [5.74, 6) is 0. The van der Waals surface area contributed by atoms with Crippen molar-refractivity contribution in [3.05, 3.63) is 26.6 Å². The second-order valence-electron chi connectivity index (χ2n) is 4.35. The molecule has 0 aliphatic rings. The molecule has 0 heterocycles. The first-order valence-corrected chi connectivity index (χ1v) is 8.88. The van der Waals surface area contributed by atoms with Crippen molar-refractivity contribution >= 4 is 41.9 Å². The van der Waals surface area contributed by atoms with Gasteiger partial charge in [-0.1, -0.05) is 15.9 Å². The van der Waals surface area contributed by atoms with E-state index in [1.807, 2.05) is 20.8 Å². The highest BCUT2D eigenvalue weighted by atomic mass is 79.9. The predicted molar refractivity (Wildman–Crippen MR) is 82.9 cm³/mol. The summed E-state index contributed by atoms with van der Waals surface area (Å²) < 4.78 is 33.4. The molecule has 7 heteroatoms. The topological polar surface area (TPSA) is 55.4 Å². The Bertz CT molecular complexity index is 544. The van der Waals surface area contributed by atoms with Crippen LogP contribution in [0.5, 0.6) is 0 Å². The van der Waals surface area contributed by atoms with Crippen molar-refractivity contribution in [3.63, 3.8) is 0 Å². The molecule has 108 valence electrons. The maximum absolute atomic E-state index is 12.1. The molecule has 0 unspecified atom stereocenters. The van der Waals surface area contributed by atoms with Gasteiger partial charge in [-0.2, -0.15) is 0 Å². The standard InChI is InChI=1S/C12H17Br2NO3S/c1-8(2)18-5-4-15-19(16,17)12-7-10(13)9(3)6-11(12)14/h6-8,15H,4-5H2,1-3H3. The van der Waals surface area contributed by atoms with E-state index in [0.717, 1.165) is 10.0 Å². The Morgan fingerprint density at radius 1 is 1.26 bits per heavy atom. The second kappa shape index (κ2) is 7.17. The van der Waals surface area contributed by atoms with Gasteiger partial charge in [0.15, 0.2) is 0 Å². The number of benzene rings is 1. The molecule has 0 spiro atoms. The van der Waals surface area contributed by atoms with Gasteiger partial charge in [0.1, 0.15) is 0 Å². The molecule has 1 rings (SSSR count). The van der Waals surface area contributed by atoms with Crippen LogP contribution in [-0.2, 0) is 14.8 Å². The Kier molecular flexibility index (Phi) is 6.46. The molecule has 0 radical (unpaired) electrons. The number of ether oxygens (including phenoxy) is 1. The number of rotatable bonds is 6. The van der Waals surface area contributed by atoms with Gasteiger partial charge in [0.05, 0.1) is 17.6 Å². The molecule has 0 saturated heterocycles. The lowest BCUT2D eigenvalue weighted by Crippen LogP contribution is -2.28. The van der Waals surface area contributed by atoms with Gasteiger partial charge >= 0.3 is 0 Å². The van der Waals surface area contributed by atoms with Gasteiger partial charge in [0.25, 0.3) is 0 Å². The molecule has 0 aromatic heterocycles. The van der Waals surface area contributed by atoms with E-state index in [1.54, 1.807) is 12.1 Å². The van der Waals surface area contributed by atoms with Gasteiger partial charge in [0, 0.05) is 15.5 Å². The number of aryl methyl sites for hydroxylation is 1. The maximum atomic E-state index is 12.1. The van der Waals surface area contributed by atoms with Crippen LogP contribution in [-0.4, -0.2) is 27.7 Å². The largest absolute Gasteiger partial charge is 0.377 e. The van der Waals surface area contributed by atoms with E-state index in [-0.39, 0.29) is 17.5 Å². The molecule has 19 heavy (non-hydrogen) atoms. The van der Waals surface area contributed by atoms with Crippen LogP contribution in [0, 0.1) is 6.92 Å². The summed E-state index contributed by atoms with van der Waals surface area (Å²) in [5.41, 5.74) is 0.967. The molecule has 1 aromatic rings. The van der Waals surface area contributed by atoms with Gasteiger partial charge in [-0.3, -0.25) is 0 Å². The minimum atomic E-state index is -3.54. The molecule has 0 aliphatic heterocycles. The molecule has 0 bridgehead atoms. The number of halogens is 2. The zero-order valence-corrected chi connectivity index (χ0v) is 15.0. The van der Waals surface area contributed by atoms with Crippen molar-refractivity contribution in [1.29, 1.82) is 0 Å². The maximum Gasteiger partial charge on any atom is 0.241 e. The SMILES string of the molecule is Cc1cc(Br)c(S(=O)(=O)NCCOC(C)C)cc1Br. The first-order chi connectivity index (χ1) is 8.74. The Morgan fingerprint density at radius 3 is 2.47 bits per heavy atom. The Morgan fingerprint density at radius 2 is 1.89 bits per heavy atom. The van der Waals surface area contributed by atoms with E-state index in [4.69, 9.17) is 4.74 Å². The van der Waals surface area contributed by atoms with Crippen LogP contribution in [0.3, 0.4) is 0 Å². The van der Waals surface area contributed by atoms with Crippen LogP contribution in [0.4, 0.5) is 0 Å². The van der Waals surface area contributed by atoms with Crippen LogP contribution in [0.1, 0.15) is 19.4 Å². The zero-order chi connectivity index (χ0) is 14.6. The van der Waals surface area contributed by atoms with Crippen LogP contribution in [0.15, 0.2) is 26.0 Å². The number of hydrogen-bond acceptors (Lipinski definition) is 3. The van der Waals surface area contributed by atoms with E-state index >= 15 is 0 Å². The molecule has 0 saturated carbocycles. The molecule has 4 nitrogen and oxygen atoms in total. The summed E-state index contributed by atoms with van der Waals surface area (Å²) >= 11 is 6.61. The average molecular weight is 415 g/mol. The number of nitrogens with one attached hydrogen (secondary N) is 1. The Balaban J connectivity index is 2.80. The minimum absolute atomic E-state index is 0.0877. The monoisotopic (exact) mass is 413 g/mol. The molecule has 0 atom stereocenters. The van der Waals surface area contributed by atoms with Crippen LogP contribution in [0.25, 0.3) is 0 Å². The summed E-state index contributed by atoms with van der Waals surface area (Å²) in [7, 11) is -3.54. The van der Waals surface area contributed by atoms with Gasteiger partial charge in [-0.15, -0.1) is 0 Å². The van der Waals surface area contributed by atoms with Crippen LogP contribution >= 0.6 is 31.9 Å². The van der Waals surface area contributed by atoms with E-state index < -0.39 is 10.0 Å². The summed E-state index contributed by atoms with van der Waals surface area (Å²) in [4.78, 5) is 0.217. The molecule has 0 fully saturated rings. The summed E-state index contributed by atoms with van der Waals surface area (Å²) in [6.45, 7) is 6.31. The fraction of sp³-hybridized carbons (Fsp3) is 0.500. The highest BCUT2D eigenvalue weighted by Crippen LogP contribution is 2.28. The lowest BCUT2D eigenvalue weighted by Gasteiger charge is -2.11. The fourth-order valence-corrected chi connectivity index (χ4v) is 4.07. The van der Waals surface area contributed by atoms with Crippen molar-refractivity contribution in [2.75, 3.05) is 13.2 Å². The van der Waals surface area contributed by atoms with Gasteiger partial charge < -0.3 is 4.74 Å². The lowest BCUT2D eigenvalue weighted by molar-refractivity contribution is 0.0834. The van der Waals surface area contributed by atoms with Crippen molar-refractivity contribution in [1.82, 2.24) is 4.72 Å². The fourth-order valence-electron chi connectivity index (χ4n) is 1.38. The van der Waals surface area contributed by atoms with Gasteiger partial charge in [0.2, 0.25) is 10.0 Å². The van der Waals surface area contributed by atoms with Crippen molar-refractivity contribution in [3.8, 4) is 0 Å². The summed E-state index contributed by atoms with van der Waals surface area (Å²) in [5, 5.41) is 0. The highest BCUT2D eigenvalue weighted by Gasteiger charge is 2.18. The average Bonchev–Trinajstić information content (AvgIpc) is 2.29. The quantitative estimate of drug-likeness (QED) is 0.727. The van der Waals surface area contributed by atoms with E-state index in [0.29, 0.717) is 11.1 Å². The van der Waals surface area contributed by atoms with E-state index in [1.165, 1.54) is 0 Å². The van der Waals surface area contributed by atoms with E-state index in [2.05, 4.69) is 36.6 Å². The van der Waals surface area contributed by atoms with Crippen molar-refractivity contribution in [2.24, 2.45) is 0 Å². The first-order valence-electron chi connectivity index (χ1n) is 5.81. The Labute approximate surface area is 131 Å². The third-order valence-electron chi connectivity index (χ3n) is 2.35. The number of hydrogen-bond donors (Lipinski definition) is 1. The zero-order valence-electron chi connectivity index (χ0n) is 11.0. The Hall–Kier alpha value is 0.0500. The lowest BCUT2D eigenvalue weighted by atomic mass is 10.2. The van der Waals surface area contributed by atoms with E-state index in [9.17, 15) is 8.42 Å². The van der Waals surface area contributed by atoms with Gasteiger partial charge in [-0.05, 0) is 54.4 Å². The molecule has 1 N–H and O–H groups in total. The third kappa shape index (κ3) is 5.15. The summed E-state index contributed by atoms with van der Waals surface area (Å²) in [6, 6.07) is 3.36. The third-order valence-corrected chi connectivity index (χ3v) is 5.62. The molecular formula is C12H17Br2NO3S. The molecule has 1 aromatic carbocycles. The smallest absolute Gasteiger partial charge is 0.241 e. The molecule has 0 amide bonds. The highest BCUT2D eigenvalue weighted by molar-refractivity contribution is 9.11. The molecular weight excluding hydrogens is 398 g/mol. The second-order valence-corrected chi connectivity index (χ2v) is 7.79. The van der Waals surface area contributed by atoms with Crippen LogP contribution < -0.4 is 4.72 Å². The van der Waals surface area contributed by atoms with Crippen LogP contribution in [0.2, 0.25) is 0 Å². The first kappa shape index (κ1) is 17.1. The predicted octanol–water partition coefficient (Wildman–Crippen LogP) is 3.22. The van der Waals surface area contributed by atoms with Crippen molar-refractivity contribution in [2.45, 2.75) is 31.8 Å². The molecule has 0 aliphatic carbocycles.